The highest BCUT2D eigenvalue weighted by atomic mass is 32.1. The Kier molecular flexibility index (Phi) is 21.1. The SMILES string of the molecule is C=Cc1cccc(N(c2cccc(C)c2)c2cc3c(-c4cccc(C)c4)c4sc(N(c5cccc(C)c5)c5cccc(C=C)c5)cc4c(-c4cccc(C)c4)c3s2)c1.Cc1cccc(-c2c3cc(N(c4cccc(C)c4)c4cccc(C=O)c4)sc3c(-c3cccc(C)c3)c3cc(N(c4cccc(C)c4)c4cccc(C=O)c4)sc23)c1. The number of carbonyl (C=O) groups excluding carboxylic acids is 2. The van der Waals surface area contributed by atoms with E-state index in [1.165, 1.54) is 96.3 Å². The number of anilines is 12. The molecule has 14 aromatic carbocycles. The van der Waals surface area contributed by atoms with Crippen molar-refractivity contribution in [3.63, 3.8) is 0 Å². The number of benzene rings is 14. The molecule has 564 valence electrons. The summed E-state index contributed by atoms with van der Waals surface area (Å²) < 4.78 is 4.90. The third-order valence-electron chi connectivity index (χ3n) is 21.3. The molecule has 18 aromatic rings. The van der Waals surface area contributed by atoms with Gasteiger partial charge >= 0.3 is 0 Å². The summed E-state index contributed by atoms with van der Waals surface area (Å²) in [5.41, 5.74) is 31.0. The first-order valence-electron chi connectivity index (χ1n) is 38.9. The number of thiophene rings is 4. The molecule has 10 heteroatoms. The van der Waals surface area contributed by atoms with E-state index in [1.54, 1.807) is 22.7 Å². The van der Waals surface area contributed by atoms with Gasteiger partial charge in [0, 0.05) is 119 Å². The molecule has 0 saturated heterocycles. The molecule has 0 aliphatic carbocycles. The Morgan fingerprint density at radius 3 is 0.621 bits per heavy atom. The van der Waals surface area contributed by atoms with E-state index in [-0.39, 0.29) is 0 Å². The fourth-order valence-corrected chi connectivity index (χ4v) is 21.2. The van der Waals surface area contributed by atoms with Crippen molar-refractivity contribution in [3.05, 3.63) is 395 Å². The zero-order chi connectivity index (χ0) is 79.8. The van der Waals surface area contributed by atoms with E-state index in [2.05, 4.69) is 367 Å². The van der Waals surface area contributed by atoms with Crippen LogP contribution in [0.3, 0.4) is 0 Å². The van der Waals surface area contributed by atoms with Crippen LogP contribution in [0.15, 0.2) is 329 Å². The summed E-state index contributed by atoms with van der Waals surface area (Å²) in [7, 11) is 0. The van der Waals surface area contributed by atoms with Gasteiger partial charge in [-0.3, -0.25) is 9.59 Å². The first kappa shape index (κ1) is 75.6. The molecular weight excluding hydrogens is 1490 g/mol. The average Bonchev–Trinajstić information content (AvgIpc) is 1.56. The van der Waals surface area contributed by atoms with Gasteiger partial charge in [-0.05, 0) is 232 Å². The highest BCUT2D eigenvalue weighted by Crippen LogP contribution is 2.58. The van der Waals surface area contributed by atoms with Gasteiger partial charge in [0.05, 0.1) is 0 Å². The van der Waals surface area contributed by atoms with E-state index in [4.69, 9.17) is 0 Å². The lowest BCUT2D eigenvalue weighted by Gasteiger charge is -2.24. The van der Waals surface area contributed by atoms with Crippen LogP contribution < -0.4 is 19.6 Å². The van der Waals surface area contributed by atoms with Crippen molar-refractivity contribution >= 4 is 176 Å². The number of nitrogens with zero attached hydrogens (tertiary/aromatic N) is 4. The van der Waals surface area contributed by atoms with Crippen LogP contribution in [0.5, 0.6) is 0 Å². The molecule has 0 spiro atoms. The van der Waals surface area contributed by atoms with E-state index >= 15 is 0 Å². The Labute approximate surface area is 695 Å². The van der Waals surface area contributed by atoms with Gasteiger partial charge in [0.15, 0.2) is 0 Å². The van der Waals surface area contributed by atoms with Crippen LogP contribution in [0, 0.1) is 55.4 Å². The van der Waals surface area contributed by atoms with E-state index in [0.29, 0.717) is 11.1 Å². The molecular formula is C106H84N4O2S4. The molecule has 0 N–H and O–H groups in total. The second-order valence-corrected chi connectivity index (χ2v) is 34.1. The minimum atomic E-state index is 0.627. The minimum Gasteiger partial charge on any atom is -0.302 e. The molecule has 18 rings (SSSR count). The summed E-state index contributed by atoms with van der Waals surface area (Å²) in [5.74, 6) is 0. The fourth-order valence-electron chi connectivity index (χ4n) is 16.0. The second-order valence-electron chi connectivity index (χ2n) is 30.0. The highest BCUT2D eigenvalue weighted by molar-refractivity contribution is 7.26. The Morgan fingerprint density at radius 2 is 0.414 bits per heavy atom. The van der Waals surface area contributed by atoms with Gasteiger partial charge in [-0.1, -0.05) is 242 Å². The maximum Gasteiger partial charge on any atom is 0.150 e. The summed E-state index contributed by atoms with van der Waals surface area (Å²) in [5, 5.41) is 9.24. The number of aryl methyl sites for hydroxylation is 8. The lowest BCUT2D eigenvalue weighted by molar-refractivity contribution is 0.111. The summed E-state index contributed by atoms with van der Waals surface area (Å²) in [6, 6.07) is 113. The Bertz CT molecular complexity index is 5940. The Balaban J connectivity index is 0.000000167. The molecule has 0 aliphatic rings. The van der Waals surface area contributed by atoms with Crippen LogP contribution in [0.25, 0.3) is 97.0 Å². The maximum atomic E-state index is 12.1. The predicted molar refractivity (Wildman–Crippen MR) is 504 cm³/mol. The van der Waals surface area contributed by atoms with Gasteiger partial charge < -0.3 is 19.6 Å². The van der Waals surface area contributed by atoms with Gasteiger partial charge in [-0.25, -0.2) is 0 Å². The fraction of sp³-hybridized carbons (Fsp3) is 0.0755. The van der Waals surface area contributed by atoms with Crippen molar-refractivity contribution in [1.29, 1.82) is 0 Å². The van der Waals surface area contributed by atoms with Crippen LogP contribution in [-0.4, -0.2) is 12.6 Å². The van der Waals surface area contributed by atoms with E-state index < -0.39 is 0 Å². The molecule has 0 unspecified atom stereocenters. The number of aldehydes is 2. The van der Waals surface area contributed by atoms with Crippen LogP contribution in [-0.2, 0) is 0 Å². The zero-order valence-electron chi connectivity index (χ0n) is 66.0. The quantitative estimate of drug-likeness (QED) is 0.0709. The molecule has 0 bridgehead atoms. The van der Waals surface area contributed by atoms with E-state index in [0.717, 1.165) is 122 Å². The summed E-state index contributed by atoms with van der Waals surface area (Å²) in [6.45, 7) is 25.4. The number of rotatable bonds is 20. The molecule has 116 heavy (non-hydrogen) atoms. The molecule has 4 heterocycles. The van der Waals surface area contributed by atoms with Gasteiger partial charge in [-0.2, -0.15) is 0 Å². The van der Waals surface area contributed by atoms with Gasteiger partial charge in [0.1, 0.15) is 32.6 Å². The smallest absolute Gasteiger partial charge is 0.150 e. The standard InChI is InChI=1S/C54H44N2S2.C52H40N2O2S2/c1-7-39-19-13-25-45(31-39)55(43-23-11-17-37(5)29-43)49-33-47-51(41-21-9-15-35(3)27-41)54-48(52(53(47)57-49)42-22-10-16-36(4)28-42)34-50(58-54)56(44-24-12-18-38(6)30-44)46-26-14-20-40(8-2)32-46;1-33-11-5-17-39(23-33)49-45-29-47(53(41-19-7-13-35(3)25-41)43-21-9-15-37(27-43)31-55)58-52(45)50(40-18-6-12-34(2)24-40)46-30-48(57-51(46)49)54(42-20-8-14-36(4)26-42)44-22-10-16-38(28-44)32-56/h7-34H,1-2H2,3-6H3;5-32H,1-4H3. The minimum absolute atomic E-state index is 0.627. The topological polar surface area (TPSA) is 47.1 Å². The second kappa shape index (κ2) is 32.4. The first-order chi connectivity index (χ1) is 56.5. The van der Waals surface area contributed by atoms with Gasteiger partial charge in [0.25, 0.3) is 0 Å². The lowest BCUT2D eigenvalue weighted by atomic mass is 9.92. The Hall–Kier alpha value is -13.1. The maximum absolute atomic E-state index is 12.1. The van der Waals surface area contributed by atoms with Crippen molar-refractivity contribution in [2.45, 2.75) is 55.4 Å². The van der Waals surface area contributed by atoms with Crippen molar-refractivity contribution in [2.24, 2.45) is 0 Å². The Morgan fingerprint density at radius 1 is 0.224 bits per heavy atom. The lowest BCUT2D eigenvalue weighted by Crippen LogP contribution is -2.08. The predicted octanol–water partition coefficient (Wildman–Crippen LogP) is 32.2. The number of hydrogen-bond donors (Lipinski definition) is 0. The van der Waals surface area contributed by atoms with Crippen molar-refractivity contribution in [1.82, 2.24) is 0 Å². The van der Waals surface area contributed by atoms with Crippen LogP contribution in [0.1, 0.15) is 76.4 Å². The number of carbonyl (C=O) groups is 2. The summed E-state index contributed by atoms with van der Waals surface area (Å²) in [6.07, 6.45) is 5.67. The third-order valence-corrected chi connectivity index (χ3v) is 25.8. The van der Waals surface area contributed by atoms with Gasteiger partial charge in [-0.15, -0.1) is 45.3 Å². The molecule has 0 aliphatic heterocycles. The molecule has 0 fully saturated rings. The van der Waals surface area contributed by atoms with Crippen molar-refractivity contribution in [3.8, 4) is 44.5 Å². The van der Waals surface area contributed by atoms with Crippen LogP contribution in [0.4, 0.5) is 65.5 Å². The molecule has 6 nitrogen and oxygen atoms in total. The van der Waals surface area contributed by atoms with Crippen molar-refractivity contribution < 1.29 is 9.59 Å². The van der Waals surface area contributed by atoms with E-state index in [9.17, 15) is 9.59 Å². The number of fused-ring (bicyclic) bond motifs is 4. The molecule has 4 aromatic heterocycles. The number of hydrogen-bond acceptors (Lipinski definition) is 10. The third kappa shape index (κ3) is 15.0. The highest BCUT2D eigenvalue weighted by Gasteiger charge is 2.30. The van der Waals surface area contributed by atoms with E-state index in [1.807, 2.05) is 71.2 Å². The largest absolute Gasteiger partial charge is 0.302 e. The normalized spacial score (nSPS) is 11.2. The van der Waals surface area contributed by atoms with Gasteiger partial charge in [0.2, 0.25) is 0 Å². The molecule has 0 amide bonds. The summed E-state index contributed by atoms with van der Waals surface area (Å²) >= 11 is 7.29. The van der Waals surface area contributed by atoms with Crippen LogP contribution >= 0.6 is 45.3 Å². The molecule has 0 atom stereocenters. The molecule has 0 radical (unpaired) electrons. The zero-order valence-corrected chi connectivity index (χ0v) is 69.3. The van der Waals surface area contributed by atoms with Crippen LogP contribution in [0.2, 0.25) is 0 Å². The molecule has 0 saturated carbocycles. The monoisotopic (exact) mass is 1570 g/mol. The average molecular weight is 1570 g/mol. The first-order valence-corrected chi connectivity index (χ1v) is 42.2. The van der Waals surface area contributed by atoms with Crippen molar-refractivity contribution in [2.75, 3.05) is 19.6 Å². The summed E-state index contributed by atoms with van der Waals surface area (Å²) in [4.78, 5) is 33.6.